The molecule has 120 valence electrons. The van der Waals surface area contributed by atoms with E-state index >= 15 is 0 Å². The van der Waals surface area contributed by atoms with E-state index in [1.807, 2.05) is 0 Å². The van der Waals surface area contributed by atoms with Crippen molar-refractivity contribution >= 4 is 5.69 Å². The Hall–Kier alpha value is -1.10. The SMILES string of the molecule is CCCNCc1ccc(N(CCOC)CCOC)cc1C. The van der Waals surface area contributed by atoms with Crippen LogP contribution in [0.15, 0.2) is 18.2 Å². The van der Waals surface area contributed by atoms with Gasteiger partial charge in [-0.1, -0.05) is 13.0 Å². The molecule has 21 heavy (non-hydrogen) atoms. The minimum Gasteiger partial charge on any atom is -0.383 e. The minimum absolute atomic E-state index is 0.725. The number of ether oxygens (including phenoxy) is 2. The Morgan fingerprint density at radius 3 is 2.29 bits per heavy atom. The fraction of sp³-hybridized carbons (Fsp3) is 0.647. The Morgan fingerprint density at radius 1 is 1.10 bits per heavy atom. The maximum atomic E-state index is 5.20. The van der Waals surface area contributed by atoms with Gasteiger partial charge in [0.25, 0.3) is 0 Å². The van der Waals surface area contributed by atoms with Gasteiger partial charge in [-0.05, 0) is 43.1 Å². The van der Waals surface area contributed by atoms with Gasteiger partial charge in [0.05, 0.1) is 13.2 Å². The Morgan fingerprint density at radius 2 is 1.76 bits per heavy atom. The standard InChI is InChI=1S/C17H30N2O2/c1-5-8-18-14-16-6-7-17(13-15(16)2)19(9-11-20-3)10-12-21-4/h6-7,13,18H,5,8-12,14H2,1-4H3. The summed E-state index contributed by atoms with van der Waals surface area (Å²) in [5.41, 5.74) is 3.93. The van der Waals surface area contributed by atoms with Crippen LogP contribution < -0.4 is 10.2 Å². The van der Waals surface area contributed by atoms with E-state index in [4.69, 9.17) is 9.47 Å². The molecular weight excluding hydrogens is 264 g/mol. The molecule has 0 aliphatic carbocycles. The average molecular weight is 294 g/mol. The fourth-order valence-corrected chi connectivity index (χ4v) is 2.25. The third kappa shape index (κ3) is 6.46. The molecule has 1 rings (SSSR count). The van der Waals surface area contributed by atoms with Crippen molar-refractivity contribution in [3.8, 4) is 0 Å². The zero-order valence-corrected chi connectivity index (χ0v) is 13.9. The lowest BCUT2D eigenvalue weighted by Gasteiger charge is -2.25. The first-order valence-corrected chi connectivity index (χ1v) is 7.76. The quantitative estimate of drug-likeness (QED) is 0.636. The number of aryl methyl sites for hydroxylation is 1. The predicted octanol–water partition coefficient (Wildman–Crippen LogP) is 2.59. The van der Waals surface area contributed by atoms with Crippen LogP contribution in [0.5, 0.6) is 0 Å². The molecule has 0 radical (unpaired) electrons. The number of nitrogens with zero attached hydrogens (tertiary/aromatic N) is 1. The summed E-state index contributed by atoms with van der Waals surface area (Å²) in [4.78, 5) is 2.31. The maximum absolute atomic E-state index is 5.20. The van der Waals surface area contributed by atoms with Crippen molar-refractivity contribution in [2.45, 2.75) is 26.8 Å². The predicted molar refractivity (Wildman–Crippen MR) is 89.1 cm³/mol. The average Bonchev–Trinajstić information content (AvgIpc) is 2.49. The van der Waals surface area contributed by atoms with Crippen LogP contribution in [-0.2, 0) is 16.0 Å². The molecule has 0 saturated carbocycles. The highest BCUT2D eigenvalue weighted by Crippen LogP contribution is 2.19. The highest BCUT2D eigenvalue weighted by molar-refractivity contribution is 5.51. The van der Waals surface area contributed by atoms with Crippen LogP contribution in [0.3, 0.4) is 0 Å². The van der Waals surface area contributed by atoms with Crippen molar-refractivity contribution in [3.05, 3.63) is 29.3 Å². The van der Waals surface area contributed by atoms with E-state index in [1.165, 1.54) is 23.2 Å². The van der Waals surface area contributed by atoms with Crippen LogP contribution in [0.1, 0.15) is 24.5 Å². The molecule has 1 N–H and O–H groups in total. The number of nitrogens with one attached hydrogen (secondary N) is 1. The van der Waals surface area contributed by atoms with Gasteiger partial charge in [0.1, 0.15) is 0 Å². The molecule has 0 heterocycles. The zero-order valence-electron chi connectivity index (χ0n) is 13.9. The molecule has 0 aliphatic heterocycles. The second kappa shape index (κ2) is 10.6. The van der Waals surface area contributed by atoms with Gasteiger partial charge in [-0.2, -0.15) is 0 Å². The first-order valence-electron chi connectivity index (χ1n) is 7.76. The summed E-state index contributed by atoms with van der Waals surface area (Å²) in [6, 6.07) is 6.68. The van der Waals surface area contributed by atoms with Crippen LogP contribution >= 0.6 is 0 Å². The van der Waals surface area contributed by atoms with Crippen molar-refractivity contribution < 1.29 is 9.47 Å². The van der Waals surface area contributed by atoms with E-state index < -0.39 is 0 Å². The Kier molecular flexibility index (Phi) is 9.06. The van der Waals surface area contributed by atoms with Crippen molar-refractivity contribution in [1.82, 2.24) is 5.32 Å². The Labute approximate surface area is 129 Å². The van der Waals surface area contributed by atoms with Gasteiger partial charge in [-0.15, -0.1) is 0 Å². The summed E-state index contributed by atoms with van der Waals surface area (Å²) in [5.74, 6) is 0. The summed E-state index contributed by atoms with van der Waals surface area (Å²) >= 11 is 0. The normalized spacial score (nSPS) is 10.9. The third-order valence-corrected chi connectivity index (χ3v) is 3.56. The summed E-state index contributed by atoms with van der Waals surface area (Å²) < 4.78 is 10.4. The molecular formula is C17H30N2O2. The second-order valence-corrected chi connectivity index (χ2v) is 5.26. The lowest BCUT2D eigenvalue weighted by molar-refractivity contribution is 0.190. The van der Waals surface area contributed by atoms with Crippen LogP contribution in [0, 0.1) is 6.92 Å². The molecule has 0 aromatic heterocycles. The molecule has 0 amide bonds. The zero-order chi connectivity index (χ0) is 15.5. The first-order chi connectivity index (χ1) is 10.2. The van der Waals surface area contributed by atoms with Crippen LogP contribution in [0.25, 0.3) is 0 Å². The lowest BCUT2D eigenvalue weighted by Crippen LogP contribution is -2.30. The van der Waals surface area contributed by atoms with Gasteiger partial charge >= 0.3 is 0 Å². The molecule has 4 nitrogen and oxygen atoms in total. The van der Waals surface area contributed by atoms with Gasteiger partial charge in [-0.3, -0.25) is 0 Å². The van der Waals surface area contributed by atoms with Crippen molar-refractivity contribution in [1.29, 1.82) is 0 Å². The molecule has 0 unspecified atom stereocenters. The topological polar surface area (TPSA) is 33.7 Å². The highest BCUT2D eigenvalue weighted by atomic mass is 16.5. The van der Waals surface area contributed by atoms with E-state index in [9.17, 15) is 0 Å². The molecule has 0 aliphatic rings. The Balaban J connectivity index is 2.71. The molecule has 0 bridgehead atoms. The fourth-order valence-electron chi connectivity index (χ4n) is 2.25. The molecule has 0 spiro atoms. The van der Waals surface area contributed by atoms with E-state index in [1.54, 1.807) is 14.2 Å². The summed E-state index contributed by atoms with van der Waals surface area (Å²) in [6.45, 7) is 9.58. The van der Waals surface area contributed by atoms with Gasteiger partial charge in [0, 0.05) is 39.5 Å². The molecule has 0 fully saturated rings. The van der Waals surface area contributed by atoms with Gasteiger partial charge in [-0.25, -0.2) is 0 Å². The molecule has 0 atom stereocenters. The minimum atomic E-state index is 0.725. The van der Waals surface area contributed by atoms with E-state index in [2.05, 4.69) is 42.3 Å². The summed E-state index contributed by atoms with van der Waals surface area (Å²) in [5, 5.41) is 3.46. The molecule has 1 aromatic rings. The highest BCUT2D eigenvalue weighted by Gasteiger charge is 2.08. The van der Waals surface area contributed by atoms with Crippen LogP contribution in [-0.4, -0.2) is 47.1 Å². The van der Waals surface area contributed by atoms with Gasteiger partial charge in [0.2, 0.25) is 0 Å². The summed E-state index contributed by atoms with van der Waals surface area (Å²) in [6.07, 6.45) is 1.17. The van der Waals surface area contributed by atoms with E-state index in [0.29, 0.717) is 0 Å². The molecule has 4 heteroatoms. The number of anilines is 1. The van der Waals surface area contributed by atoms with Crippen LogP contribution in [0.4, 0.5) is 5.69 Å². The third-order valence-electron chi connectivity index (χ3n) is 3.56. The number of hydrogen-bond acceptors (Lipinski definition) is 4. The number of hydrogen-bond donors (Lipinski definition) is 1. The number of rotatable bonds is 11. The number of methoxy groups -OCH3 is 2. The van der Waals surface area contributed by atoms with Gasteiger partial charge < -0.3 is 19.7 Å². The maximum Gasteiger partial charge on any atom is 0.0637 e. The van der Waals surface area contributed by atoms with E-state index in [-0.39, 0.29) is 0 Å². The monoisotopic (exact) mass is 294 g/mol. The largest absolute Gasteiger partial charge is 0.383 e. The van der Waals surface area contributed by atoms with E-state index in [0.717, 1.165) is 39.4 Å². The van der Waals surface area contributed by atoms with Gasteiger partial charge in [0.15, 0.2) is 0 Å². The van der Waals surface area contributed by atoms with Crippen molar-refractivity contribution in [3.63, 3.8) is 0 Å². The van der Waals surface area contributed by atoms with Crippen molar-refractivity contribution in [2.75, 3.05) is 52.0 Å². The Bertz CT molecular complexity index is 388. The smallest absolute Gasteiger partial charge is 0.0637 e. The second-order valence-electron chi connectivity index (χ2n) is 5.26. The van der Waals surface area contributed by atoms with Crippen molar-refractivity contribution in [2.24, 2.45) is 0 Å². The number of benzene rings is 1. The molecule has 0 saturated heterocycles. The summed E-state index contributed by atoms with van der Waals surface area (Å²) in [7, 11) is 3.48. The van der Waals surface area contributed by atoms with Crippen LogP contribution in [0.2, 0.25) is 0 Å². The lowest BCUT2D eigenvalue weighted by atomic mass is 10.1. The first kappa shape index (κ1) is 18.0. The molecule has 1 aromatic carbocycles.